The first-order valence-electron chi connectivity index (χ1n) is 8.62. The number of nitrogens with zero attached hydrogens (tertiary/aromatic N) is 1. The molecule has 2 aliphatic rings. The topological polar surface area (TPSA) is 50.8 Å². The second-order valence-electron chi connectivity index (χ2n) is 6.55. The van der Waals surface area contributed by atoms with Crippen molar-refractivity contribution in [2.75, 3.05) is 33.4 Å². The third-order valence-corrected chi connectivity index (χ3v) is 4.84. The molecule has 2 atom stereocenters. The fourth-order valence-corrected chi connectivity index (χ4v) is 3.42. The van der Waals surface area contributed by atoms with Crippen LogP contribution in [-0.4, -0.2) is 56.3 Å². The van der Waals surface area contributed by atoms with Gasteiger partial charge < -0.3 is 14.8 Å². The molecule has 1 aromatic rings. The largest absolute Gasteiger partial charge is 0.497 e. The third-order valence-electron chi connectivity index (χ3n) is 4.84. The standard InChI is InChI=1S/C19H26N2O3/c1-14(15-5-3-7-17(10-15)23-2)9-19(22)20-11-18-12-21-8-4-6-16(21)13-24-18/h3,5,7,9-10,16,18H,4,6,8,11-13H2,1-2H3,(H,20,22)/b14-9+/t16-,18+/m1/s1. The van der Waals surface area contributed by atoms with Crippen LogP contribution in [0.2, 0.25) is 0 Å². The summed E-state index contributed by atoms with van der Waals surface area (Å²) >= 11 is 0. The molecule has 5 heteroatoms. The number of allylic oxidation sites excluding steroid dienone is 1. The Hall–Kier alpha value is -1.85. The van der Waals surface area contributed by atoms with Crippen LogP contribution in [0, 0.1) is 0 Å². The van der Waals surface area contributed by atoms with Gasteiger partial charge >= 0.3 is 0 Å². The SMILES string of the molecule is COc1cccc(/C(C)=C/C(=O)NC[C@H]2CN3CCC[C@@H]3CO2)c1. The highest BCUT2D eigenvalue weighted by Crippen LogP contribution is 2.22. The van der Waals surface area contributed by atoms with Gasteiger partial charge in [-0.2, -0.15) is 0 Å². The third kappa shape index (κ3) is 4.16. The number of nitrogens with one attached hydrogen (secondary N) is 1. The number of carbonyl (C=O) groups is 1. The molecule has 0 aromatic heterocycles. The van der Waals surface area contributed by atoms with E-state index < -0.39 is 0 Å². The quantitative estimate of drug-likeness (QED) is 0.840. The van der Waals surface area contributed by atoms with Gasteiger partial charge in [-0.15, -0.1) is 0 Å². The predicted molar refractivity (Wildman–Crippen MR) is 94.0 cm³/mol. The summed E-state index contributed by atoms with van der Waals surface area (Å²) < 4.78 is 11.1. The van der Waals surface area contributed by atoms with Crippen LogP contribution in [0.4, 0.5) is 0 Å². The molecule has 2 aliphatic heterocycles. The molecule has 0 aliphatic carbocycles. The minimum Gasteiger partial charge on any atom is -0.497 e. The predicted octanol–water partition coefficient (Wildman–Crippen LogP) is 2.08. The van der Waals surface area contributed by atoms with Crippen LogP contribution in [0.3, 0.4) is 0 Å². The highest BCUT2D eigenvalue weighted by atomic mass is 16.5. The number of ether oxygens (including phenoxy) is 2. The monoisotopic (exact) mass is 330 g/mol. The highest BCUT2D eigenvalue weighted by Gasteiger charge is 2.32. The molecule has 0 spiro atoms. The Bertz CT molecular complexity index is 614. The normalized spacial score (nSPS) is 24.5. The molecule has 0 saturated carbocycles. The molecule has 0 radical (unpaired) electrons. The zero-order valence-electron chi connectivity index (χ0n) is 14.5. The summed E-state index contributed by atoms with van der Waals surface area (Å²) in [6.45, 7) is 5.36. The van der Waals surface area contributed by atoms with Gasteiger partial charge in [0.1, 0.15) is 5.75 Å². The van der Waals surface area contributed by atoms with Gasteiger partial charge in [0, 0.05) is 25.2 Å². The molecule has 24 heavy (non-hydrogen) atoms. The van der Waals surface area contributed by atoms with Crippen molar-refractivity contribution < 1.29 is 14.3 Å². The average molecular weight is 330 g/mol. The van der Waals surface area contributed by atoms with E-state index in [0.29, 0.717) is 12.6 Å². The summed E-state index contributed by atoms with van der Waals surface area (Å²) in [7, 11) is 1.64. The number of methoxy groups -OCH3 is 1. The van der Waals surface area contributed by atoms with Crippen LogP contribution >= 0.6 is 0 Å². The Labute approximate surface area is 143 Å². The van der Waals surface area contributed by atoms with Gasteiger partial charge in [0.05, 0.1) is 19.8 Å². The number of hydrogen-bond donors (Lipinski definition) is 1. The van der Waals surface area contributed by atoms with Crippen molar-refractivity contribution in [2.24, 2.45) is 0 Å². The second-order valence-corrected chi connectivity index (χ2v) is 6.55. The molecular formula is C19H26N2O3. The van der Waals surface area contributed by atoms with Crippen molar-refractivity contribution in [1.29, 1.82) is 0 Å². The Morgan fingerprint density at radius 1 is 1.50 bits per heavy atom. The van der Waals surface area contributed by atoms with Crippen molar-refractivity contribution in [3.05, 3.63) is 35.9 Å². The zero-order chi connectivity index (χ0) is 16.9. The number of fused-ring (bicyclic) bond motifs is 1. The Balaban J connectivity index is 1.51. The van der Waals surface area contributed by atoms with Gasteiger partial charge in [0.25, 0.3) is 0 Å². The van der Waals surface area contributed by atoms with E-state index in [1.54, 1.807) is 13.2 Å². The minimum absolute atomic E-state index is 0.0811. The summed E-state index contributed by atoms with van der Waals surface area (Å²) in [4.78, 5) is 14.6. The number of morpholine rings is 1. The average Bonchev–Trinajstić information content (AvgIpc) is 3.07. The summed E-state index contributed by atoms with van der Waals surface area (Å²) in [5, 5.41) is 2.96. The fourth-order valence-electron chi connectivity index (χ4n) is 3.42. The molecule has 2 fully saturated rings. The number of hydrogen-bond acceptors (Lipinski definition) is 4. The first kappa shape index (κ1) is 17.0. The smallest absolute Gasteiger partial charge is 0.244 e. The summed E-state index contributed by atoms with van der Waals surface area (Å²) in [5.74, 6) is 0.707. The van der Waals surface area contributed by atoms with Crippen LogP contribution in [0.1, 0.15) is 25.3 Å². The molecule has 2 saturated heterocycles. The molecule has 2 heterocycles. The van der Waals surface area contributed by atoms with Gasteiger partial charge in [-0.25, -0.2) is 0 Å². The van der Waals surface area contributed by atoms with E-state index in [1.165, 1.54) is 12.8 Å². The lowest BCUT2D eigenvalue weighted by Gasteiger charge is -2.35. The minimum atomic E-state index is -0.0811. The summed E-state index contributed by atoms with van der Waals surface area (Å²) in [6.07, 6.45) is 4.22. The van der Waals surface area contributed by atoms with E-state index in [2.05, 4.69) is 10.2 Å². The molecular weight excluding hydrogens is 304 g/mol. The Kier molecular flexibility index (Phi) is 5.53. The maximum Gasteiger partial charge on any atom is 0.244 e. The van der Waals surface area contributed by atoms with Gasteiger partial charge in [-0.3, -0.25) is 9.69 Å². The van der Waals surface area contributed by atoms with Gasteiger partial charge in [0.15, 0.2) is 0 Å². The molecule has 5 nitrogen and oxygen atoms in total. The van der Waals surface area contributed by atoms with Crippen LogP contribution in [0.25, 0.3) is 5.57 Å². The first-order chi connectivity index (χ1) is 11.7. The van der Waals surface area contributed by atoms with E-state index in [1.807, 2.05) is 31.2 Å². The molecule has 0 unspecified atom stereocenters. The lowest BCUT2D eigenvalue weighted by atomic mass is 10.1. The molecule has 1 N–H and O–H groups in total. The Morgan fingerprint density at radius 3 is 3.21 bits per heavy atom. The first-order valence-corrected chi connectivity index (χ1v) is 8.62. The van der Waals surface area contributed by atoms with E-state index in [9.17, 15) is 4.79 Å². The lowest BCUT2D eigenvalue weighted by Crippen LogP contribution is -2.49. The van der Waals surface area contributed by atoms with Gasteiger partial charge in [-0.1, -0.05) is 12.1 Å². The van der Waals surface area contributed by atoms with Crippen molar-refractivity contribution >= 4 is 11.5 Å². The molecule has 1 amide bonds. The molecule has 130 valence electrons. The molecule has 1 aromatic carbocycles. The van der Waals surface area contributed by atoms with Crippen molar-refractivity contribution in [3.63, 3.8) is 0 Å². The highest BCUT2D eigenvalue weighted by molar-refractivity contribution is 5.94. The van der Waals surface area contributed by atoms with E-state index >= 15 is 0 Å². The van der Waals surface area contributed by atoms with Crippen molar-refractivity contribution in [3.8, 4) is 5.75 Å². The van der Waals surface area contributed by atoms with Crippen LogP contribution in [0.5, 0.6) is 5.75 Å². The number of amides is 1. The zero-order valence-corrected chi connectivity index (χ0v) is 14.5. The molecule has 3 rings (SSSR count). The van der Waals surface area contributed by atoms with Crippen molar-refractivity contribution in [1.82, 2.24) is 10.2 Å². The van der Waals surface area contributed by atoms with Gasteiger partial charge in [0.2, 0.25) is 5.91 Å². The fraction of sp³-hybridized carbons (Fsp3) is 0.526. The van der Waals surface area contributed by atoms with Crippen LogP contribution in [-0.2, 0) is 9.53 Å². The lowest BCUT2D eigenvalue weighted by molar-refractivity contribution is -0.118. The number of benzene rings is 1. The van der Waals surface area contributed by atoms with Crippen LogP contribution in [0.15, 0.2) is 30.3 Å². The molecule has 0 bridgehead atoms. The summed E-state index contributed by atoms with van der Waals surface area (Å²) in [5.41, 5.74) is 1.90. The van der Waals surface area contributed by atoms with Crippen molar-refractivity contribution in [2.45, 2.75) is 31.9 Å². The number of rotatable bonds is 5. The maximum atomic E-state index is 12.2. The van der Waals surface area contributed by atoms with Gasteiger partial charge in [-0.05, 0) is 49.6 Å². The summed E-state index contributed by atoms with van der Waals surface area (Å²) in [6, 6.07) is 8.30. The Morgan fingerprint density at radius 2 is 2.38 bits per heavy atom. The number of carbonyl (C=O) groups excluding carboxylic acids is 1. The van der Waals surface area contributed by atoms with E-state index in [0.717, 1.165) is 36.6 Å². The van der Waals surface area contributed by atoms with E-state index in [4.69, 9.17) is 9.47 Å². The second kappa shape index (κ2) is 7.81. The van der Waals surface area contributed by atoms with Crippen LogP contribution < -0.4 is 10.1 Å². The maximum absolute atomic E-state index is 12.2. The van der Waals surface area contributed by atoms with E-state index in [-0.39, 0.29) is 12.0 Å².